The number of unbranched alkanes of at least 4 members (excludes halogenated alkanes) is 16. The number of carbonyl (C=O) groups excluding carboxylic acids is 4. The number of aliphatic carboxylic acids is 2. The van der Waals surface area contributed by atoms with Crippen LogP contribution >= 0.6 is 0 Å². The van der Waals surface area contributed by atoms with Crippen LogP contribution in [0.2, 0.25) is 0 Å². The Hall–Kier alpha value is -1.61. The Balaban J connectivity index is -0.000000648. The fraction of sp³-hybridized carbons (Fsp3) is 0.867. The molecule has 0 saturated heterocycles. The molecule has 0 fully saturated rings. The SMILES string of the molecule is CCCCCCCCCCCC(=O)N(C)CC(=O)[O-].CCCCCCCCCCCC(=O)N(C)CC(=O)[O-].[Co+2]. The normalized spacial score (nSPS) is 10.2. The summed E-state index contributed by atoms with van der Waals surface area (Å²) < 4.78 is 0. The van der Waals surface area contributed by atoms with Gasteiger partial charge in [-0.25, -0.2) is 0 Å². The van der Waals surface area contributed by atoms with Crippen molar-refractivity contribution in [2.45, 2.75) is 142 Å². The van der Waals surface area contributed by atoms with Gasteiger partial charge in [0.2, 0.25) is 11.8 Å². The Morgan fingerprint density at radius 2 is 0.692 bits per heavy atom. The standard InChI is InChI=1S/2C15H29NO3.Co/c2*1-3-4-5-6-7-8-9-10-11-12-14(17)16(2)13-15(18)19;/h2*3-13H2,1-2H3,(H,18,19);/q;;+2/p-2. The average molecular weight is 600 g/mol. The second kappa shape index (κ2) is 30.9. The van der Waals surface area contributed by atoms with Crippen LogP contribution in [-0.2, 0) is 36.0 Å². The van der Waals surface area contributed by atoms with E-state index in [1.807, 2.05) is 0 Å². The zero-order chi connectivity index (χ0) is 29.0. The molecule has 0 aliphatic rings. The third-order valence-electron chi connectivity index (χ3n) is 6.57. The second-order valence-corrected chi connectivity index (χ2v) is 10.4. The minimum absolute atomic E-state index is 0. The van der Waals surface area contributed by atoms with Crippen molar-refractivity contribution in [1.82, 2.24) is 9.80 Å². The van der Waals surface area contributed by atoms with E-state index in [-0.39, 0.29) is 41.7 Å². The van der Waals surface area contributed by atoms with E-state index in [1.54, 1.807) is 0 Å². The van der Waals surface area contributed by atoms with E-state index in [0.29, 0.717) is 12.8 Å². The van der Waals surface area contributed by atoms with Crippen molar-refractivity contribution in [3.63, 3.8) is 0 Å². The fourth-order valence-electron chi connectivity index (χ4n) is 4.12. The predicted molar refractivity (Wildman–Crippen MR) is 149 cm³/mol. The van der Waals surface area contributed by atoms with E-state index in [9.17, 15) is 29.4 Å². The van der Waals surface area contributed by atoms with Crippen molar-refractivity contribution in [3.05, 3.63) is 0 Å². The smallest absolute Gasteiger partial charge is 0.548 e. The fourth-order valence-corrected chi connectivity index (χ4v) is 4.12. The van der Waals surface area contributed by atoms with Crippen LogP contribution in [0.5, 0.6) is 0 Å². The molecule has 0 atom stereocenters. The molecule has 0 bridgehead atoms. The number of hydrogen-bond acceptors (Lipinski definition) is 6. The molecule has 0 saturated carbocycles. The summed E-state index contributed by atoms with van der Waals surface area (Å²) in [5.41, 5.74) is 0. The van der Waals surface area contributed by atoms with Gasteiger partial charge in [0.25, 0.3) is 0 Å². The molecule has 0 aromatic heterocycles. The first kappa shape index (κ1) is 41.9. The maximum absolute atomic E-state index is 11.5. The van der Waals surface area contributed by atoms with E-state index in [0.717, 1.165) is 25.7 Å². The van der Waals surface area contributed by atoms with Gasteiger partial charge in [-0.2, -0.15) is 0 Å². The quantitative estimate of drug-likeness (QED) is 0.153. The molecule has 0 rings (SSSR count). The van der Waals surface area contributed by atoms with Crippen molar-refractivity contribution in [2.75, 3.05) is 27.2 Å². The van der Waals surface area contributed by atoms with Gasteiger partial charge >= 0.3 is 16.8 Å². The molecule has 0 spiro atoms. The zero-order valence-corrected chi connectivity index (χ0v) is 26.3. The topological polar surface area (TPSA) is 121 Å². The molecule has 0 unspecified atom stereocenters. The van der Waals surface area contributed by atoms with Gasteiger partial charge in [0, 0.05) is 26.9 Å². The predicted octanol–water partition coefficient (Wildman–Crippen LogP) is 4.23. The molecule has 0 aliphatic heterocycles. The minimum Gasteiger partial charge on any atom is -0.548 e. The Morgan fingerprint density at radius 1 is 0.462 bits per heavy atom. The number of likely N-dealkylation sites (N-methyl/N-ethyl adjacent to an activating group) is 2. The molecule has 1 radical (unpaired) electrons. The summed E-state index contributed by atoms with van der Waals surface area (Å²) in [5.74, 6) is -2.62. The summed E-state index contributed by atoms with van der Waals surface area (Å²) in [7, 11) is 3.01. The maximum Gasteiger partial charge on any atom is 2.00 e. The van der Waals surface area contributed by atoms with Crippen LogP contribution in [-0.4, -0.2) is 60.7 Å². The summed E-state index contributed by atoms with van der Waals surface area (Å²) in [4.78, 5) is 46.2. The zero-order valence-electron chi connectivity index (χ0n) is 25.2. The van der Waals surface area contributed by atoms with Crippen molar-refractivity contribution >= 4 is 23.8 Å². The number of carboxylic acid groups (broad SMARTS) is 2. The number of rotatable bonds is 24. The van der Waals surface area contributed by atoms with Gasteiger partial charge < -0.3 is 29.6 Å². The third-order valence-corrected chi connectivity index (χ3v) is 6.57. The molecule has 0 aliphatic carbocycles. The van der Waals surface area contributed by atoms with E-state index in [1.165, 1.54) is 114 Å². The van der Waals surface area contributed by atoms with Crippen molar-refractivity contribution in [3.8, 4) is 0 Å². The summed E-state index contributed by atoms with van der Waals surface area (Å²) >= 11 is 0. The Morgan fingerprint density at radius 3 is 0.923 bits per heavy atom. The summed E-state index contributed by atoms with van der Waals surface area (Å²) in [6, 6.07) is 0. The molecule has 9 heteroatoms. The van der Waals surface area contributed by atoms with Gasteiger partial charge in [-0.15, -0.1) is 0 Å². The van der Waals surface area contributed by atoms with E-state index >= 15 is 0 Å². The van der Waals surface area contributed by atoms with Crippen molar-refractivity contribution in [1.29, 1.82) is 0 Å². The molecule has 0 aromatic rings. The maximum atomic E-state index is 11.5. The first-order valence-electron chi connectivity index (χ1n) is 15.0. The monoisotopic (exact) mass is 599 g/mol. The van der Waals surface area contributed by atoms with Gasteiger partial charge in [-0.3, -0.25) is 9.59 Å². The molecule has 0 heterocycles. The van der Waals surface area contributed by atoms with Gasteiger partial charge in [0.15, 0.2) is 0 Å². The summed E-state index contributed by atoms with van der Waals surface area (Å²) in [6.45, 7) is 3.81. The summed E-state index contributed by atoms with van der Waals surface area (Å²) in [5, 5.41) is 20.7. The van der Waals surface area contributed by atoms with Gasteiger partial charge in [-0.05, 0) is 12.8 Å². The molecule has 2 amide bonds. The number of carboxylic acids is 2. The van der Waals surface area contributed by atoms with E-state index in [4.69, 9.17) is 0 Å². The van der Waals surface area contributed by atoms with Gasteiger partial charge in [0.05, 0.1) is 25.0 Å². The molecule has 0 aromatic carbocycles. The van der Waals surface area contributed by atoms with Gasteiger partial charge in [0.1, 0.15) is 0 Å². The number of nitrogens with zero attached hydrogens (tertiary/aromatic N) is 2. The molecular formula is C30H56CoN2O6. The minimum atomic E-state index is -1.21. The second-order valence-electron chi connectivity index (χ2n) is 10.4. The first-order valence-corrected chi connectivity index (χ1v) is 15.0. The van der Waals surface area contributed by atoms with Crippen molar-refractivity contribution < 1.29 is 46.2 Å². The largest absolute Gasteiger partial charge is 2.00 e. The first-order chi connectivity index (χ1) is 18.1. The molecule has 39 heavy (non-hydrogen) atoms. The van der Waals surface area contributed by atoms with Crippen LogP contribution in [0.15, 0.2) is 0 Å². The average Bonchev–Trinajstić information content (AvgIpc) is 2.86. The van der Waals surface area contributed by atoms with Crippen LogP contribution in [0, 0.1) is 0 Å². The van der Waals surface area contributed by atoms with Crippen LogP contribution in [0.3, 0.4) is 0 Å². The molecule has 0 N–H and O–H groups in total. The summed E-state index contributed by atoms with van der Waals surface area (Å²) in [6.07, 6.45) is 22.6. The van der Waals surface area contributed by atoms with Crippen molar-refractivity contribution in [2.24, 2.45) is 0 Å². The van der Waals surface area contributed by atoms with Crippen LogP contribution in [0.1, 0.15) is 142 Å². The van der Waals surface area contributed by atoms with E-state index < -0.39 is 11.9 Å². The van der Waals surface area contributed by atoms with Crippen LogP contribution in [0.4, 0.5) is 0 Å². The third kappa shape index (κ3) is 32.5. The number of carbonyl (C=O) groups is 4. The van der Waals surface area contributed by atoms with Crippen LogP contribution < -0.4 is 10.2 Å². The Bertz CT molecular complexity index is 566. The Labute approximate surface area is 248 Å². The van der Waals surface area contributed by atoms with E-state index in [2.05, 4.69) is 13.8 Å². The number of hydrogen-bond donors (Lipinski definition) is 0. The molecule has 231 valence electrons. The molecular weight excluding hydrogens is 543 g/mol. The van der Waals surface area contributed by atoms with Crippen LogP contribution in [0.25, 0.3) is 0 Å². The van der Waals surface area contributed by atoms with Gasteiger partial charge in [-0.1, -0.05) is 117 Å². The molecule has 8 nitrogen and oxygen atoms in total. The number of amides is 2. The Kier molecular flexibility index (Phi) is 33.2.